The van der Waals surface area contributed by atoms with Crippen LogP contribution in [-0.2, 0) is 20.7 Å². The van der Waals surface area contributed by atoms with Gasteiger partial charge in [-0.15, -0.1) is 0 Å². The van der Waals surface area contributed by atoms with E-state index in [-0.39, 0.29) is 30.3 Å². The van der Waals surface area contributed by atoms with Gasteiger partial charge in [-0.1, -0.05) is 56.3 Å². The van der Waals surface area contributed by atoms with E-state index in [1.807, 2.05) is 56.3 Å². The first-order valence-corrected chi connectivity index (χ1v) is 9.70. The SMILES string of the molecule is CC(C)[C@H](NC(=O)Cc1cccc2ccccc12)C(=O)NC[C@@H]1CCCO1. The third kappa shape index (κ3) is 5.07. The number of ether oxygens (including phenoxy) is 1. The number of benzene rings is 2. The number of rotatable bonds is 7. The predicted molar refractivity (Wildman–Crippen MR) is 106 cm³/mol. The van der Waals surface area contributed by atoms with Crippen LogP contribution in [0.5, 0.6) is 0 Å². The highest BCUT2D eigenvalue weighted by atomic mass is 16.5. The molecular weight excluding hydrogens is 340 g/mol. The second-order valence-electron chi connectivity index (χ2n) is 7.48. The average molecular weight is 368 g/mol. The highest BCUT2D eigenvalue weighted by molar-refractivity contribution is 5.92. The van der Waals surface area contributed by atoms with Crippen molar-refractivity contribution in [3.63, 3.8) is 0 Å². The lowest BCUT2D eigenvalue weighted by atomic mass is 10.00. The number of hydrogen-bond donors (Lipinski definition) is 2. The molecule has 5 nitrogen and oxygen atoms in total. The van der Waals surface area contributed by atoms with E-state index in [1.165, 1.54) is 0 Å². The molecule has 2 aromatic rings. The molecule has 27 heavy (non-hydrogen) atoms. The molecule has 0 aromatic heterocycles. The van der Waals surface area contributed by atoms with Crippen LogP contribution < -0.4 is 10.6 Å². The van der Waals surface area contributed by atoms with Gasteiger partial charge in [-0.05, 0) is 35.1 Å². The molecule has 0 unspecified atom stereocenters. The molecular formula is C22H28N2O3. The second kappa shape index (κ2) is 9.00. The van der Waals surface area contributed by atoms with Crippen LogP contribution in [0.3, 0.4) is 0 Å². The highest BCUT2D eigenvalue weighted by Gasteiger charge is 2.25. The normalized spacial score (nSPS) is 17.8. The monoisotopic (exact) mass is 368 g/mol. The van der Waals surface area contributed by atoms with Crippen LogP contribution in [0, 0.1) is 5.92 Å². The van der Waals surface area contributed by atoms with Crippen LogP contribution in [0.15, 0.2) is 42.5 Å². The van der Waals surface area contributed by atoms with Crippen LogP contribution in [0.1, 0.15) is 32.3 Å². The molecule has 2 N–H and O–H groups in total. The largest absolute Gasteiger partial charge is 0.376 e. The summed E-state index contributed by atoms with van der Waals surface area (Å²) in [6.45, 7) is 5.14. The molecule has 3 rings (SSSR count). The summed E-state index contributed by atoms with van der Waals surface area (Å²) in [6.07, 6.45) is 2.35. The number of carbonyl (C=O) groups excluding carboxylic acids is 2. The number of nitrogens with one attached hydrogen (secondary N) is 2. The maximum atomic E-state index is 12.6. The van der Waals surface area contributed by atoms with Gasteiger partial charge in [0.15, 0.2) is 0 Å². The lowest BCUT2D eigenvalue weighted by molar-refractivity contribution is -0.130. The van der Waals surface area contributed by atoms with Crippen molar-refractivity contribution in [1.29, 1.82) is 0 Å². The molecule has 2 atom stereocenters. The van der Waals surface area contributed by atoms with E-state index >= 15 is 0 Å². The summed E-state index contributed by atoms with van der Waals surface area (Å²) in [5.74, 6) is -0.282. The van der Waals surface area contributed by atoms with Crippen molar-refractivity contribution in [3.8, 4) is 0 Å². The summed E-state index contributed by atoms with van der Waals surface area (Å²) in [7, 11) is 0. The molecule has 0 spiro atoms. The first-order valence-electron chi connectivity index (χ1n) is 9.70. The number of carbonyl (C=O) groups is 2. The van der Waals surface area contributed by atoms with Gasteiger partial charge in [0.25, 0.3) is 0 Å². The van der Waals surface area contributed by atoms with E-state index in [0.717, 1.165) is 35.8 Å². The Morgan fingerprint density at radius 3 is 2.67 bits per heavy atom. The van der Waals surface area contributed by atoms with Crippen molar-refractivity contribution >= 4 is 22.6 Å². The van der Waals surface area contributed by atoms with Gasteiger partial charge in [0.2, 0.25) is 11.8 Å². The Kier molecular flexibility index (Phi) is 6.45. The number of amides is 2. The third-order valence-corrected chi connectivity index (χ3v) is 5.02. The minimum atomic E-state index is -0.547. The van der Waals surface area contributed by atoms with Crippen molar-refractivity contribution in [2.24, 2.45) is 5.92 Å². The van der Waals surface area contributed by atoms with Crippen LogP contribution >= 0.6 is 0 Å². The topological polar surface area (TPSA) is 67.4 Å². The highest BCUT2D eigenvalue weighted by Crippen LogP contribution is 2.19. The summed E-state index contributed by atoms with van der Waals surface area (Å²) in [6, 6.07) is 13.4. The zero-order chi connectivity index (χ0) is 19.2. The zero-order valence-electron chi connectivity index (χ0n) is 16.0. The van der Waals surface area contributed by atoms with Crippen molar-refractivity contribution in [2.75, 3.05) is 13.2 Å². The fraction of sp³-hybridized carbons (Fsp3) is 0.455. The van der Waals surface area contributed by atoms with Gasteiger partial charge in [-0.3, -0.25) is 9.59 Å². The molecule has 1 heterocycles. The first-order chi connectivity index (χ1) is 13.0. The molecule has 144 valence electrons. The first kappa shape index (κ1) is 19.4. The van der Waals surface area contributed by atoms with Crippen LogP contribution in [0.2, 0.25) is 0 Å². The molecule has 2 aromatic carbocycles. The molecule has 5 heteroatoms. The van der Waals surface area contributed by atoms with Gasteiger partial charge >= 0.3 is 0 Å². The molecule has 1 fully saturated rings. The van der Waals surface area contributed by atoms with Gasteiger partial charge in [0.1, 0.15) is 6.04 Å². The molecule has 2 amide bonds. The number of hydrogen-bond acceptors (Lipinski definition) is 3. The molecule has 0 bridgehead atoms. The van der Waals surface area contributed by atoms with E-state index in [2.05, 4.69) is 10.6 Å². The Balaban J connectivity index is 1.61. The third-order valence-electron chi connectivity index (χ3n) is 5.02. The van der Waals surface area contributed by atoms with Crippen LogP contribution in [0.4, 0.5) is 0 Å². The Morgan fingerprint density at radius 1 is 1.15 bits per heavy atom. The van der Waals surface area contributed by atoms with Gasteiger partial charge in [0.05, 0.1) is 12.5 Å². The van der Waals surface area contributed by atoms with E-state index in [0.29, 0.717) is 6.54 Å². The summed E-state index contributed by atoms with van der Waals surface area (Å²) >= 11 is 0. The van der Waals surface area contributed by atoms with Crippen LogP contribution in [0.25, 0.3) is 10.8 Å². The minimum absolute atomic E-state index is 0.00552. The summed E-state index contributed by atoms with van der Waals surface area (Å²) < 4.78 is 5.54. The molecule has 1 saturated heterocycles. The summed E-state index contributed by atoms with van der Waals surface area (Å²) in [5.41, 5.74) is 0.966. The van der Waals surface area contributed by atoms with E-state index < -0.39 is 6.04 Å². The standard InChI is InChI=1S/C22H28N2O3/c1-15(2)21(22(26)23-14-18-10-6-12-27-18)24-20(25)13-17-9-5-8-16-7-3-4-11-19(16)17/h3-5,7-9,11,15,18,21H,6,10,12-14H2,1-2H3,(H,23,26)(H,24,25)/t18-,21-/m0/s1. The molecule has 1 aliphatic rings. The van der Waals surface area contributed by atoms with Gasteiger partial charge < -0.3 is 15.4 Å². The Bertz CT molecular complexity index is 792. The molecule has 0 saturated carbocycles. The fourth-order valence-corrected chi connectivity index (χ4v) is 3.51. The zero-order valence-corrected chi connectivity index (χ0v) is 16.0. The predicted octanol–water partition coefficient (Wildman–Crippen LogP) is 2.82. The quantitative estimate of drug-likeness (QED) is 0.790. The lowest BCUT2D eigenvalue weighted by Gasteiger charge is -2.23. The van der Waals surface area contributed by atoms with E-state index in [4.69, 9.17) is 4.74 Å². The van der Waals surface area contributed by atoms with Crippen molar-refractivity contribution < 1.29 is 14.3 Å². The lowest BCUT2D eigenvalue weighted by Crippen LogP contribution is -2.51. The number of fused-ring (bicyclic) bond motifs is 1. The molecule has 1 aliphatic heterocycles. The fourth-order valence-electron chi connectivity index (χ4n) is 3.51. The smallest absolute Gasteiger partial charge is 0.242 e. The average Bonchev–Trinajstić information content (AvgIpc) is 3.18. The van der Waals surface area contributed by atoms with Gasteiger partial charge in [0, 0.05) is 13.2 Å². The van der Waals surface area contributed by atoms with E-state index in [1.54, 1.807) is 0 Å². The van der Waals surface area contributed by atoms with Crippen molar-refractivity contribution in [3.05, 3.63) is 48.0 Å². The second-order valence-corrected chi connectivity index (χ2v) is 7.48. The van der Waals surface area contributed by atoms with Crippen LogP contribution in [-0.4, -0.2) is 37.1 Å². The molecule has 0 radical (unpaired) electrons. The van der Waals surface area contributed by atoms with Crippen molar-refractivity contribution in [2.45, 2.75) is 45.3 Å². The Hall–Kier alpha value is -2.40. The summed E-state index contributed by atoms with van der Waals surface area (Å²) in [5, 5.41) is 8.02. The van der Waals surface area contributed by atoms with E-state index in [9.17, 15) is 9.59 Å². The Morgan fingerprint density at radius 2 is 1.93 bits per heavy atom. The maximum Gasteiger partial charge on any atom is 0.242 e. The van der Waals surface area contributed by atoms with Gasteiger partial charge in [-0.2, -0.15) is 0 Å². The van der Waals surface area contributed by atoms with Crippen molar-refractivity contribution in [1.82, 2.24) is 10.6 Å². The summed E-state index contributed by atoms with van der Waals surface area (Å²) in [4.78, 5) is 25.2. The minimum Gasteiger partial charge on any atom is -0.376 e. The molecule has 0 aliphatic carbocycles. The maximum absolute atomic E-state index is 12.6. The Labute approximate surface area is 160 Å². The van der Waals surface area contributed by atoms with Gasteiger partial charge in [-0.25, -0.2) is 0 Å².